The Bertz CT molecular complexity index is 1360. The van der Waals surface area contributed by atoms with Crippen LogP contribution in [0.4, 0.5) is 24.7 Å². The third kappa shape index (κ3) is 4.94. The molecule has 6 nitrogen and oxygen atoms in total. The number of amides is 1. The van der Waals surface area contributed by atoms with Crippen LogP contribution in [-0.4, -0.2) is 27.6 Å². The topological polar surface area (TPSA) is 73.9 Å². The van der Waals surface area contributed by atoms with E-state index >= 15 is 0 Å². The molecule has 0 aliphatic rings. The van der Waals surface area contributed by atoms with Crippen molar-refractivity contribution in [1.29, 1.82) is 0 Å². The molecule has 4 rings (SSSR count). The van der Waals surface area contributed by atoms with E-state index < -0.39 is 22.7 Å². The van der Waals surface area contributed by atoms with Gasteiger partial charge < -0.3 is 4.72 Å². The zero-order valence-electron chi connectivity index (χ0n) is 17.5. The van der Waals surface area contributed by atoms with E-state index in [-0.39, 0.29) is 21.3 Å². The Kier molecular flexibility index (Phi) is 6.92. The van der Waals surface area contributed by atoms with Gasteiger partial charge in [0.25, 0.3) is 5.91 Å². The van der Waals surface area contributed by atoms with Gasteiger partial charge in [-0.2, -0.15) is 18.3 Å². The lowest BCUT2D eigenvalue weighted by Crippen LogP contribution is -2.32. The largest absolute Gasteiger partial charge is 0.417 e. The Labute approximate surface area is 206 Å². The average molecular weight is 526 g/mol. The Morgan fingerprint density at radius 1 is 1.18 bits per heavy atom. The van der Waals surface area contributed by atoms with Gasteiger partial charge in [-0.05, 0) is 55.3 Å². The van der Waals surface area contributed by atoms with Crippen LogP contribution in [0, 0.1) is 0 Å². The number of nitrogens with zero attached hydrogens (tertiary/aromatic N) is 3. The van der Waals surface area contributed by atoms with Gasteiger partial charge in [0.2, 0.25) is 0 Å². The maximum Gasteiger partial charge on any atom is 0.417 e. The number of anilines is 2. The number of pyridine rings is 1. The van der Waals surface area contributed by atoms with Gasteiger partial charge in [0.15, 0.2) is 11.5 Å². The molecule has 12 heteroatoms. The maximum absolute atomic E-state index is 13.4. The average Bonchev–Trinajstić information content (AvgIpc) is 3.22. The number of para-hydroxylation sites is 1. The molecule has 4 aromatic rings. The summed E-state index contributed by atoms with van der Waals surface area (Å²) in [7, 11) is 0. The Hall–Kier alpha value is -2.95. The molecular formula is C22H16Cl2F3N5OS. The van der Waals surface area contributed by atoms with Crippen molar-refractivity contribution >= 4 is 63.5 Å². The van der Waals surface area contributed by atoms with Crippen molar-refractivity contribution in [3.63, 3.8) is 0 Å². The summed E-state index contributed by atoms with van der Waals surface area (Å²) in [5.41, 5.74) is 0.0918. The van der Waals surface area contributed by atoms with Gasteiger partial charge in [0, 0.05) is 23.0 Å². The molecule has 0 unspecified atom stereocenters. The fourth-order valence-corrected chi connectivity index (χ4v) is 4.34. The van der Waals surface area contributed by atoms with Crippen LogP contribution in [0.25, 0.3) is 10.9 Å². The van der Waals surface area contributed by atoms with Crippen LogP contribution in [0.2, 0.25) is 10.0 Å². The molecule has 2 aromatic carbocycles. The second-order valence-electron chi connectivity index (χ2n) is 7.04. The van der Waals surface area contributed by atoms with Crippen LogP contribution >= 0.6 is 35.1 Å². The number of nitrogens with one attached hydrogen (secondary N) is 2. The van der Waals surface area contributed by atoms with Gasteiger partial charge in [-0.3, -0.25) is 14.8 Å². The molecule has 0 saturated heterocycles. The molecule has 0 aliphatic heterocycles. The van der Waals surface area contributed by atoms with Crippen LogP contribution < -0.4 is 9.62 Å². The van der Waals surface area contributed by atoms with Crippen molar-refractivity contribution in [3.8, 4) is 0 Å². The molecule has 2 heterocycles. The van der Waals surface area contributed by atoms with Gasteiger partial charge in [-0.15, -0.1) is 0 Å². The maximum atomic E-state index is 13.4. The first-order chi connectivity index (χ1) is 16.2. The smallest absolute Gasteiger partial charge is 0.324 e. The van der Waals surface area contributed by atoms with Crippen LogP contribution in [-0.2, 0) is 6.18 Å². The quantitative estimate of drug-likeness (QED) is 0.263. The number of aromatic nitrogens is 3. The lowest BCUT2D eigenvalue weighted by atomic mass is 10.2. The molecule has 0 spiro atoms. The summed E-state index contributed by atoms with van der Waals surface area (Å²) in [6.45, 7) is 2.10. The molecule has 176 valence electrons. The van der Waals surface area contributed by atoms with Crippen LogP contribution in [0.3, 0.4) is 0 Å². The first kappa shape index (κ1) is 24.2. The van der Waals surface area contributed by atoms with Gasteiger partial charge >= 0.3 is 6.18 Å². The Morgan fingerprint density at radius 2 is 1.94 bits per heavy atom. The van der Waals surface area contributed by atoms with Crippen molar-refractivity contribution in [2.24, 2.45) is 0 Å². The van der Waals surface area contributed by atoms with E-state index in [4.69, 9.17) is 23.2 Å². The van der Waals surface area contributed by atoms with E-state index in [9.17, 15) is 18.0 Å². The molecule has 34 heavy (non-hydrogen) atoms. The highest BCUT2D eigenvalue weighted by atomic mass is 35.5. The van der Waals surface area contributed by atoms with E-state index in [1.807, 2.05) is 24.3 Å². The number of hydrogen-bond donors (Lipinski definition) is 2. The summed E-state index contributed by atoms with van der Waals surface area (Å²) in [5, 5.41) is 7.78. The fourth-order valence-electron chi connectivity index (χ4n) is 3.26. The molecule has 0 bridgehead atoms. The number of carbonyl (C=O) groups is 1. The minimum atomic E-state index is -4.60. The summed E-state index contributed by atoms with van der Waals surface area (Å²) in [4.78, 5) is 19.3. The van der Waals surface area contributed by atoms with E-state index in [0.717, 1.165) is 35.0 Å². The van der Waals surface area contributed by atoms with Crippen LogP contribution in [0.1, 0.15) is 23.0 Å². The highest BCUT2D eigenvalue weighted by Gasteiger charge is 2.33. The predicted molar refractivity (Wildman–Crippen MR) is 129 cm³/mol. The molecule has 0 radical (unpaired) electrons. The molecule has 0 saturated carbocycles. The number of alkyl halides is 3. The van der Waals surface area contributed by atoms with E-state index in [2.05, 4.69) is 19.9 Å². The minimum Gasteiger partial charge on any atom is -0.324 e. The number of H-pyrrole nitrogens is 1. The standard InChI is InChI=1S/C22H16Cl2F3N5OS/c1-2-32(20-14-5-3-4-6-17(14)29-30-20)21(33)19-18(9-12(23)11-28-19)31-34-13-7-8-16(24)15(10-13)22(25,26)27/h3-11,31H,2H2,1H3,(H,29,30). The number of rotatable bonds is 6. The summed E-state index contributed by atoms with van der Waals surface area (Å²) in [5.74, 6) is -0.0161. The number of aromatic amines is 1. The molecule has 0 atom stereocenters. The Morgan fingerprint density at radius 3 is 2.68 bits per heavy atom. The van der Waals surface area contributed by atoms with E-state index in [1.54, 1.807) is 6.92 Å². The molecule has 2 N–H and O–H groups in total. The SMILES string of the molecule is CCN(C(=O)c1ncc(Cl)cc1NSc1ccc(Cl)c(C(F)(F)F)c1)c1n[nH]c2ccccc12. The summed E-state index contributed by atoms with van der Waals surface area (Å²) >= 11 is 12.6. The fraction of sp³-hybridized carbons (Fsp3) is 0.136. The highest BCUT2D eigenvalue weighted by molar-refractivity contribution is 8.00. The van der Waals surface area contributed by atoms with Crippen molar-refractivity contribution in [2.75, 3.05) is 16.2 Å². The van der Waals surface area contributed by atoms with Gasteiger partial charge in [-0.25, -0.2) is 4.98 Å². The lowest BCUT2D eigenvalue weighted by Gasteiger charge is -2.20. The predicted octanol–water partition coefficient (Wildman–Crippen LogP) is 7.07. The Balaban J connectivity index is 1.64. The molecule has 1 amide bonds. The number of halogens is 5. The second kappa shape index (κ2) is 9.73. The number of carbonyl (C=O) groups excluding carboxylic acids is 1. The molecule has 0 aliphatic carbocycles. The van der Waals surface area contributed by atoms with Gasteiger partial charge in [0.05, 0.1) is 26.8 Å². The van der Waals surface area contributed by atoms with E-state index in [1.165, 1.54) is 23.2 Å². The summed E-state index contributed by atoms with van der Waals surface area (Å²) in [6.07, 6.45) is -3.27. The van der Waals surface area contributed by atoms with Crippen LogP contribution in [0.15, 0.2) is 59.6 Å². The van der Waals surface area contributed by atoms with Gasteiger partial charge in [-0.1, -0.05) is 35.3 Å². The second-order valence-corrected chi connectivity index (χ2v) is 8.76. The van der Waals surface area contributed by atoms with Crippen molar-refractivity contribution in [2.45, 2.75) is 18.0 Å². The zero-order chi connectivity index (χ0) is 24.5. The lowest BCUT2D eigenvalue weighted by molar-refractivity contribution is -0.137. The number of hydrogen-bond acceptors (Lipinski definition) is 5. The third-order valence-electron chi connectivity index (χ3n) is 4.85. The normalized spacial score (nSPS) is 11.6. The number of fused-ring (bicyclic) bond motifs is 1. The first-order valence-electron chi connectivity index (χ1n) is 9.89. The minimum absolute atomic E-state index is 0.0378. The molecule has 0 fully saturated rings. The molecule has 2 aromatic heterocycles. The van der Waals surface area contributed by atoms with Crippen LogP contribution in [0.5, 0.6) is 0 Å². The van der Waals surface area contributed by atoms with Crippen molar-refractivity contribution < 1.29 is 18.0 Å². The monoisotopic (exact) mass is 525 g/mol. The summed E-state index contributed by atoms with van der Waals surface area (Å²) < 4.78 is 42.5. The first-order valence-corrected chi connectivity index (χ1v) is 11.5. The van der Waals surface area contributed by atoms with Gasteiger partial charge in [0.1, 0.15) is 0 Å². The third-order valence-corrected chi connectivity index (χ3v) is 6.19. The van der Waals surface area contributed by atoms with Crippen molar-refractivity contribution in [1.82, 2.24) is 15.2 Å². The molecular weight excluding hydrogens is 510 g/mol. The summed E-state index contributed by atoms with van der Waals surface area (Å²) in [6, 6.07) is 12.4. The highest BCUT2D eigenvalue weighted by Crippen LogP contribution is 2.37. The van der Waals surface area contributed by atoms with Crippen molar-refractivity contribution in [3.05, 3.63) is 76.0 Å². The zero-order valence-corrected chi connectivity index (χ0v) is 19.8. The number of benzene rings is 2. The van der Waals surface area contributed by atoms with E-state index in [0.29, 0.717) is 12.4 Å².